The molecule has 0 bridgehead atoms. The summed E-state index contributed by atoms with van der Waals surface area (Å²) in [5, 5.41) is 6.02. The van der Waals surface area contributed by atoms with Crippen molar-refractivity contribution in [3.63, 3.8) is 0 Å². The van der Waals surface area contributed by atoms with Crippen LogP contribution >= 0.6 is 11.3 Å². The number of thiophene rings is 1. The average molecular weight is 670 g/mol. The van der Waals surface area contributed by atoms with Crippen LogP contribution < -0.4 is 0 Å². The van der Waals surface area contributed by atoms with E-state index >= 15 is 0 Å². The Morgan fingerprint density at radius 3 is 2.14 bits per heavy atom. The number of aromatic nitrogens is 3. The van der Waals surface area contributed by atoms with E-state index in [0.717, 1.165) is 37.9 Å². The molecular formula is C47H31N3S. The Bertz CT molecular complexity index is 3060. The van der Waals surface area contributed by atoms with Gasteiger partial charge in [-0.15, -0.1) is 11.3 Å². The summed E-state index contributed by atoms with van der Waals surface area (Å²) in [5.41, 5.74) is 12.9. The van der Waals surface area contributed by atoms with Crippen molar-refractivity contribution in [1.82, 2.24) is 14.5 Å². The molecule has 51 heavy (non-hydrogen) atoms. The van der Waals surface area contributed by atoms with E-state index in [1.165, 1.54) is 59.6 Å². The first-order chi connectivity index (χ1) is 25.1. The fourth-order valence-electron chi connectivity index (χ4n) is 8.71. The van der Waals surface area contributed by atoms with Crippen LogP contribution in [0, 0.1) is 0 Å². The van der Waals surface area contributed by atoms with Gasteiger partial charge in [0.05, 0.1) is 26.9 Å². The summed E-state index contributed by atoms with van der Waals surface area (Å²) in [6, 6.07) is 55.0. The number of rotatable bonds is 3. The van der Waals surface area contributed by atoms with Crippen LogP contribution in [0.2, 0.25) is 0 Å². The maximum absolute atomic E-state index is 5.52. The van der Waals surface area contributed by atoms with Gasteiger partial charge < -0.3 is 0 Å². The number of fused-ring (bicyclic) bond motifs is 11. The van der Waals surface area contributed by atoms with Gasteiger partial charge in [-0.05, 0) is 50.7 Å². The van der Waals surface area contributed by atoms with Crippen LogP contribution in [-0.2, 0) is 5.41 Å². The van der Waals surface area contributed by atoms with Crippen LogP contribution in [0.15, 0.2) is 152 Å². The van der Waals surface area contributed by atoms with E-state index in [1.807, 2.05) is 0 Å². The molecule has 0 aliphatic heterocycles. The molecule has 0 spiro atoms. The third kappa shape index (κ3) is 3.94. The first kappa shape index (κ1) is 28.7. The third-order valence-electron chi connectivity index (χ3n) is 11.0. The van der Waals surface area contributed by atoms with Gasteiger partial charge in [0, 0.05) is 37.4 Å². The largest absolute Gasteiger partial charge is 0.277 e. The average Bonchev–Trinajstić information content (AvgIpc) is 3.81. The van der Waals surface area contributed by atoms with Crippen LogP contribution in [0.4, 0.5) is 0 Å². The molecule has 3 heterocycles. The summed E-state index contributed by atoms with van der Waals surface area (Å²) in [7, 11) is 0. The van der Waals surface area contributed by atoms with Crippen molar-refractivity contribution in [2.24, 2.45) is 0 Å². The highest BCUT2D eigenvalue weighted by molar-refractivity contribution is 7.26. The topological polar surface area (TPSA) is 30.7 Å². The minimum absolute atomic E-state index is 0.0997. The SMILES string of the molecule is CC1(C)c2ccccc2-c2c(-c3cccc4c5c6ccccc6ccc5n(-c5nc(-c6ccccc6)c6sc7ccccc7c6n5)c34)cccc21. The molecule has 0 N–H and O–H groups in total. The molecule has 0 amide bonds. The Morgan fingerprint density at radius 1 is 0.549 bits per heavy atom. The Labute approximate surface area is 299 Å². The zero-order chi connectivity index (χ0) is 33.8. The molecule has 7 aromatic carbocycles. The normalized spacial score (nSPS) is 13.5. The predicted molar refractivity (Wildman–Crippen MR) is 215 cm³/mol. The standard InChI is InChI=1S/C47H31N3S/c1-47(2)36-23-10-8-18-33(36)40-31(20-13-24-37(40)47)32-21-12-22-35-41-30-17-7-6-14-28(30)26-27-38(41)50(44(32)35)46-48-42(29-15-4-3-5-16-29)45-43(49-46)34-19-9-11-25-39(34)51-45/h3-27H,1-2H3. The van der Waals surface area contributed by atoms with Gasteiger partial charge in [0.2, 0.25) is 5.95 Å². The lowest BCUT2D eigenvalue weighted by Crippen LogP contribution is -2.14. The van der Waals surface area contributed by atoms with E-state index in [2.05, 4.69) is 170 Å². The monoisotopic (exact) mass is 669 g/mol. The Morgan fingerprint density at radius 2 is 1.24 bits per heavy atom. The summed E-state index contributed by atoms with van der Waals surface area (Å²) in [5.74, 6) is 0.681. The zero-order valence-corrected chi connectivity index (χ0v) is 29.0. The molecule has 0 atom stereocenters. The molecule has 11 rings (SSSR count). The predicted octanol–water partition coefficient (Wildman–Crippen LogP) is 12.7. The number of para-hydroxylation sites is 1. The zero-order valence-electron chi connectivity index (χ0n) is 28.2. The lowest BCUT2D eigenvalue weighted by Gasteiger charge is -2.21. The molecule has 1 aliphatic rings. The lowest BCUT2D eigenvalue weighted by molar-refractivity contribution is 0.660. The number of nitrogens with zero attached hydrogens (tertiary/aromatic N) is 3. The summed E-state index contributed by atoms with van der Waals surface area (Å²) < 4.78 is 4.67. The second-order valence-corrected chi connectivity index (χ2v) is 15.2. The van der Waals surface area contributed by atoms with Gasteiger partial charge >= 0.3 is 0 Å². The summed E-state index contributed by atoms with van der Waals surface area (Å²) in [6.07, 6.45) is 0. The summed E-state index contributed by atoms with van der Waals surface area (Å²) >= 11 is 1.77. The highest BCUT2D eigenvalue weighted by Crippen LogP contribution is 2.53. The van der Waals surface area contributed by atoms with E-state index in [-0.39, 0.29) is 5.41 Å². The summed E-state index contributed by atoms with van der Waals surface area (Å²) in [4.78, 5) is 11.0. The Hall–Kier alpha value is -6.10. The molecule has 0 fully saturated rings. The van der Waals surface area contributed by atoms with E-state index < -0.39 is 0 Å². The third-order valence-corrected chi connectivity index (χ3v) is 12.2. The van der Waals surface area contributed by atoms with E-state index in [4.69, 9.17) is 9.97 Å². The second-order valence-electron chi connectivity index (χ2n) is 14.1. The molecule has 10 aromatic rings. The van der Waals surface area contributed by atoms with Gasteiger partial charge in [0.1, 0.15) is 0 Å². The second kappa shape index (κ2) is 10.5. The van der Waals surface area contributed by atoms with Crippen LogP contribution in [0.5, 0.6) is 0 Å². The van der Waals surface area contributed by atoms with Crippen LogP contribution in [0.3, 0.4) is 0 Å². The Balaban J connectivity index is 1.32. The van der Waals surface area contributed by atoms with Gasteiger partial charge in [-0.25, -0.2) is 9.97 Å². The number of hydrogen-bond acceptors (Lipinski definition) is 3. The van der Waals surface area contributed by atoms with Crippen molar-refractivity contribution < 1.29 is 0 Å². The fraction of sp³-hybridized carbons (Fsp3) is 0.0638. The molecule has 0 saturated heterocycles. The molecule has 240 valence electrons. The molecule has 1 aliphatic carbocycles. The van der Waals surface area contributed by atoms with Gasteiger partial charge in [-0.3, -0.25) is 4.57 Å². The van der Waals surface area contributed by atoms with Gasteiger partial charge in [0.25, 0.3) is 0 Å². The van der Waals surface area contributed by atoms with Crippen molar-refractivity contribution in [2.45, 2.75) is 19.3 Å². The maximum Gasteiger partial charge on any atom is 0.235 e. The van der Waals surface area contributed by atoms with E-state index in [1.54, 1.807) is 11.3 Å². The molecule has 4 heteroatoms. The smallest absolute Gasteiger partial charge is 0.235 e. The summed E-state index contributed by atoms with van der Waals surface area (Å²) in [6.45, 7) is 4.70. The first-order valence-corrected chi connectivity index (χ1v) is 18.3. The van der Waals surface area contributed by atoms with E-state index in [0.29, 0.717) is 5.95 Å². The van der Waals surface area contributed by atoms with Crippen LogP contribution in [0.25, 0.3) is 92.3 Å². The minimum atomic E-state index is -0.0997. The van der Waals surface area contributed by atoms with Crippen molar-refractivity contribution in [3.05, 3.63) is 163 Å². The number of hydrogen-bond donors (Lipinski definition) is 0. The fourth-order valence-corrected chi connectivity index (χ4v) is 9.86. The number of benzene rings is 7. The van der Waals surface area contributed by atoms with Crippen molar-refractivity contribution in [1.29, 1.82) is 0 Å². The van der Waals surface area contributed by atoms with Crippen LogP contribution in [0.1, 0.15) is 25.0 Å². The molecular weight excluding hydrogens is 639 g/mol. The molecule has 0 radical (unpaired) electrons. The molecule has 3 nitrogen and oxygen atoms in total. The quantitative estimate of drug-likeness (QED) is 0.187. The molecule has 0 unspecified atom stereocenters. The highest BCUT2D eigenvalue weighted by atomic mass is 32.1. The van der Waals surface area contributed by atoms with Gasteiger partial charge in [-0.1, -0.05) is 153 Å². The highest BCUT2D eigenvalue weighted by Gasteiger charge is 2.37. The van der Waals surface area contributed by atoms with Gasteiger partial charge in [-0.2, -0.15) is 0 Å². The van der Waals surface area contributed by atoms with Crippen molar-refractivity contribution >= 4 is 64.2 Å². The van der Waals surface area contributed by atoms with E-state index in [9.17, 15) is 0 Å². The van der Waals surface area contributed by atoms with Crippen LogP contribution in [-0.4, -0.2) is 14.5 Å². The lowest BCUT2D eigenvalue weighted by atomic mass is 9.82. The first-order valence-electron chi connectivity index (χ1n) is 17.5. The molecule has 0 saturated carbocycles. The van der Waals surface area contributed by atoms with Crippen molar-refractivity contribution in [3.8, 4) is 39.5 Å². The minimum Gasteiger partial charge on any atom is -0.277 e. The Kier molecular flexibility index (Phi) is 5.89. The van der Waals surface area contributed by atoms with Gasteiger partial charge in [0.15, 0.2) is 0 Å². The van der Waals surface area contributed by atoms with Crippen molar-refractivity contribution in [2.75, 3.05) is 0 Å². The molecule has 3 aromatic heterocycles. The maximum atomic E-state index is 5.52.